The summed E-state index contributed by atoms with van der Waals surface area (Å²) in [4.78, 5) is 25.1. The molecule has 0 aliphatic carbocycles. The number of carbonyl (C=O) groups is 2. The number of hydrogen-bond donors (Lipinski definition) is 2. The summed E-state index contributed by atoms with van der Waals surface area (Å²) in [5, 5.41) is 16.1. The van der Waals surface area contributed by atoms with Crippen LogP contribution in [0.25, 0.3) is 5.69 Å². The maximum Gasteiger partial charge on any atom is 0.307 e. The van der Waals surface area contributed by atoms with E-state index in [1.54, 1.807) is 25.1 Å². The summed E-state index contributed by atoms with van der Waals surface area (Å²) in [6.07, 6.45) is 0.551. The summed E-state index contributed by atoms with van der Waals surface area (Å²) in [7, 11) is 0. The van der Waals surface area contributed by atoms with E-state index in [1.165, 1.54) is 16.8 Å². The topological polar surface area (TPSA) is 87.5 Å². The number of halogens is 1. The molecule has 8 heteroatoms. The maximum atomic E-state index is 13.1. The van der Waals surface area contributed by atoms with Crippen molar-refractivity contribution in [3.63, 3.8) is 0 Å². The summed E-state index contributed by atoms with van der Waals surface area (Å²) < 4.78 is 14.6. The molecule has 2 aromatic rings. The van der Waals surface area contributed by atoms with Crippen molar-refractivity contribution in [3.05, 3.63) is 41.8 Å². The van der Waals surface area contributed by atoms with E-state index in [2.05, 4.69) is 10.4 Å². The molecule has 0 saturated carbocycles. The lowest BCUT2D eigenvalue weighted by Gasteiger charge is -2.15. The van der Waals surface area contributed by atoms with Gasteiger partial charge in [-0.1, -0.05) is 0 Å². The van der Waals surface area contributed by atoms with Crippen LogP contribution in [0.2, 0.25) is 0 Å². The van der Waals surface area contributed by atoms with Crippen molar-refractivity contribution in [2.75, 3.05) is 25.0 Å². The number of carboxylic acid groups (broad SMARTS) is 1. The van der Waals surface area contributed by atoms with Gasteiger partial charge >= 0.3 is 5.97 Å². The number of carboxylic acids is 1. The molecule has 1 aromatic heterocycles. The number of rotatable bonds is 5. The number of nitrogens with one attached hydrogen (secondary N) is 1. The van der Waals surface area contributed by atoms with Crippen molar-refractivity contribution in [2.24, 2.45) is 5.92 Å². The Bertz CT molecular complexity index is 788. The van der Waals surface area contributed by atoms with Gasteiger partial charge in [0.25, 0.3) is 0 Å². The Morgan fingerprint density at radius 3 is 2.72 bits per heavy atom. The lowest BCUT2D eigenvalue weighted by atomic mass is 10.1. The molecule has 1 atom stereocenters. The molecule has 1 aliphatic heterocycles. The number of aryl methyl sites for hydroxylation is 1. The molecule has 1 aliphatic rings. The Labute approximate surface area is 144 Å². The first-order valence-electron chi connectivity index (χ1n) is 8.00. The number of carbonyl (C=O) groups excluding carboxylic acids is 1. The van der Waals surface area contributed by atoms with E-state index in [4.69, 9.17) is 5.11 Å². The highest BCUT2D eigenvalue weighted by atomic mass is 19.1. The van der Waals surface area contributed by atoms with E-state index in [-0.39, 0.29) is 18.3 Å². The summed E-state index contributed by atoms with van der Waals surface area (Å²) in [5.74, 6) is -1.34. The highest BCUT2D eigenvalue weighted by Gasteiger charge is 2.29. The van der Waals surface area contributed by atoms with Crippen molar-refractivity contribution in [3.8, 4) is 5.69 Å². The van der Waals surface area contributed by atoms with Crippen LogP contribution >= 0.6 is 0 Å². The van der Waals surface area contributed by atoms with Crippen molar-refractivity contribution >= 4 is 17.7 Å². The molecule has 0 spiro atoms. The van der Waals surface area contributed by atoms with Gasteiger partial charge in [-0.25, -0.2) is 9.07 Å². The molecule has 2 heterocycles. The Balaban J connectivity index is 1.68. The first kappa shape index (κ1) is 17.1. The van der Waals surface area contributed by atoms with E-state index >= 15 is 0 Å². The molecule has 1 unspecified atom stereocenters. The summed E-state index contributed by atoms with van der Waals surface area (Å²) in [6.45, 7) is 2.88. The first-order valence-corrected chi connectivity index (χ1v) is 8.00. The number of likely N-dealkylation sites (tertiary alicyclic amines) is 1. The number of aliphatic carboxylic acids is 1. The van der Waals surface area contributed by atoms with Gasteiger partial charge in [0.15, 0.2) is 0 Å². The van der Waals surface area contributed by atoms with E-state index in [9.17, 15) is 14.0 Å². The molecule has 132 valence electrons. The SMILES string of the molecule is Cc1cc(NC(=O)CN2CCC(C(=O)O)C2)n(-c2ccc(F)cc2)n1. The van der Waals surface area contributed by atoms with Gasteiger partial charge in [0, 0.05) is 12.6 Å². The smallest absolute Gasteiger partial charge is 0.307 e. The van der Waals surface area contributed by atoms with E-state index in [1.807, 2.05) is 4.90 Å². The molecule has 3 rings (SSSR count). The summed E-state index contributed by atoms with van der Waals surface area (Å²) in [5.41, 5.74) is 1.35. The Hall–Kier alpha value is -2.74. The maximum absolute atomic E-state index is 13.1. The Morgan fingerprint density at radius 1 is 1.36 bits per heavy atom. The van der Waals surface area contributed by atoms with Crippen LogP contribution in [0.15, 0.2) is 30.3 Å². The van der Waals surface area contributed by atoms with Gasteiger partial charge in [-0.3, -0.25) is 14.5 Å². The summed E-state index contributed by atoms with van der Waals surface area (Å²) in [6, 6.07) is 7.54. The predicted molar refractivity (Wildman–Crippen MR) is 89.1 cm³/mol. The third-order valence-electron chi connectivity index (χ3n) is 4.16. The molecule has 7 nitrogen and oxygen atoms in total. The highest BCUT2D eigenvalue weighted by Crippen LogP contribution is 2.19. The number of benzene rings is 1. The van der Waals surface area contributed by atoms with Crippen LogP contribution in [0, 0.1) is 18.7 Å². The largest absolute Gasteiger partial charge is 0.481 e. The second-order valence-electron chi connectivity index (χ2n) is 6.17. The zero-order valence-corrected chi connectivity index (χ0v) is 13.8. The third kappa shape index (κ3) is 4.03. The minimum atomic E-state index is -0.826. The second kappa shape index (κ2) is 7.02. The van der Waals surface area contributed by atoms with Gasteiger partial charge in [0.2, 0.25) is 5.91 Å². The van der Waals surface area contributed by atoms with Crippen LogP contribution < -0.4 is 5.32 Å². The first-order chi connectivity index (χ1) is 11.9. The molecule has 0 bridgehead atoms. The number of amides is 1. The monoisotopic (exact) mass is 346 g/mol. The van der Waals surface area contributed by atoms with Gasteiger partial charge in [0.05, 0.1) is 23.8 Å². The average Bonchev–Trinajstić information content (AvgIpc) is 3.15. The van der Waals surface area contributed by atoms with Crippen LogP contribution in [0.5, 0.6) is 0 Å². The van der Waals surface area contributed by atoms with Crippen LogP contribution in [0.3, 0.4) is 0 Å². The minimum absolute atomic E-state index is 0.122. The number of aromatic nitrogens is 2. The number of nitrogens with zero attached hydrogens (tertiary/aromatic N) is 3. The van der Waals surface area contributed by atoms with E-state index in [0.717, 1.165) is 0 Å². The standard InChI is InChI=1S/C17H19FN4O3/c1-11-8-15(22(20-11)14-4-2-13(18)3-5-14)19-16(23)10-21-7-6-12(9-21)17(24)25/h2-5,8,12H,6-7,9-10H2,1H3,(H,19,23)(H,24,25). The fourth-order valence-electron chi connectivity index (χ4n) is 2.93. The molecular formula is C17H19FN4O3. The normalized spacial score (nSPS) is 17.6. The fraction of sp³-hybridized carbons (Fsp3) is 0.353. The molecule has 1 fully saturated rings. The van der Waals surface area contributed by atoms with Crippen molar-refractivity contribution in [1.29, 1.82) is 0 Å². The van der Waals surface area contributed by atoms with Crippen molar-refractivity contribution in [1.82, 2.24) is 14.7 Å². The highest BCUT2D eigenvalue weighted by molar-refractivity contribution is 5.91. The Morgan fingerprint density at radius 2 is 2.08 bits per heavy atom. The molecule has 1 aromatic carbocycles. The number of hydrogen-bond acceptors (Lipinski definition) is 4. The predicted octanol–water partition coefficient (Wildman–Crippen LogP) is 1.66. The number of anilines is 1. The van der Waals surface area contributed by atoms with Crippen LogP contribution in [-0.4, -0.2) is 51.3 Å². The molecule has 25 heavy (non-hydrogen) atoms. The quantitative estimate of drug-likeness (QED) is 0.860. The molecule has 1 saturated heterocycles. The van der Waals surface area contributed by atoms with Gasteiger partial charge < -0.3 is 10.4 Å². The Kier molecular flexibility index (Phi) is 4.80. The van der Waals surface area contributed by atoms with E-state index < -0.39 is 11.9 Å². The fourth-order valence-corrected chi connectivity index (χ4v) is 2.93. The molecule has 2 N–H and O–H groups in total. The average molecular weight is 346 g/mol. The third-order valence-corrected chi connectivity index (χ3v) is 4.16. The lowest BCUT2D eigenvalue weighted by molar-refractivity contribution is -0.141. The van der Waals surface area contributed by atoms with Crippen LogP contribution in [0.1, 0.15) is 12.1 Å². The van der Waals surface area contributed by atoms with Crippen LogP contribution in [-0.2, 0) is 9.59 Å². The van der Waals surface area contributed by atoms with E-state index in [0.29, 0.717) is 36.7 Å². The summed E-state index contributed by atoms with van der Waals surface area (Å²) >= 11 is 0. The lowest BCUT2D eigenvalue weighted by Crippen LogP contribution is -2.32. The van der Waals surface area contributed by atoms with Gasteiger partial charge in [0.1, 0.15) is 11.6 Å². The van der Waals surface area contributed by atoms with Gasteiger partial charge in [-0.15, -0.1) is 0 Å². The minimum Gasteiger partial charge on any atom is -0.481 e. The van der Waals surface area contributed by atoms with Crippen molar-refractivity contribution in [2.45, 2.75) is 13.3 Å². The second-order valence-corrected chi connectivity index (χ2v) is 6.17. The molecular weight excluding hydrogens is 327 g/mol. The van der Waals surface area contributed by atoms with Gasteiger partial charge in [-0.2, -0.15) is 5.10 Å². The van der Waals surface area contributed by atoms with Crippen LogP contribution in [0.4, 0.5) is 10.2 Å². The van der Waals surface area contributed by atoms with Crippen molar-refractivity contribution < 1.29 is 19.1 Å². The zero-order valence-electron chi connectivity index (χ0n) is 13.8. The van der Waals surface area contributed by atoms with Gasteiger partial charge in [-0.05, 0) is 44.2 Å². The molecule has 1 amide bonds. The zero-order chi connectivity index (χ0) is 18.0. The molecule has 0 radical (unpaired) electrons.